The van der Waals surface area contributed by atoms with E-state index >= 15 is 0 Å². The number of hydrogen-bond donors (Lipinski definition) is 2. The number of nitrogens with zero attached hydrogens (tertiary/aromatic N) is 2. The Kier molecular flexibility index (Phi) is 4.41. The zero-order valence-corrected chi connectivity index (χ0v) is 15.7. The summed E-state index contributed by atoms with van der Waals surface area (Å²) < 4.78 is 7.38. The van der Waals surface area contributed by atoms with E-state index in [4.69, 9.17) is 4.74 Å². The summed E-state index contributed by atoms with van der Waals surface area (Å²) in [6.45, 7) is 4.06. The number of carbonyl (C=O) groups is 2. The minimum atomic E-state index is -0.212. The lowest BCUT2D eigenvalue weighted by atomic mass is 10.2. The Morgan fingerprint density at radius 3 is 2.85 bits per heavy atom. The minimum absolute atomic E-state index is 0.00517. The van der Waals surface area contributed by atoms with Gasteiger partial charge in [-0.1, -0.05) is 0 Å². The highest BCUT2D eigenvalue weighted by Gasteiger charge is 2.17. The van der Waals surface area contributed by atoms with Crippen LogP contribution in [0.15, 0.2) is 35.7 Å². The van der Waals surface area contributed by atoms with Crippen LogP contribution < -0.4 is 15.4 Å². The maximum Gasteiger partial charge on any atom is 0.262 e. The first-order valence-electron chi connectivity index (χ1n) is 8.46. The lowest BCUT2D eigenvalue weighted by Gasteiger charge is -2.18. The van der Waals surface area contributed by atoms with Gasteiger partial charge >= 0.3 is 0 Å². The van der Waals surface area contributed by atoms with Crippen LogP contribution in [0.5, 0.6) is 5.75 Å². The molecule has 0 radical (unpaired) electrons. The maximum atomic E-state index is 12.4. The molecule has 1 aliphatic heterocycles. The molecule has 0 saturated carbocycles. The number of carbonyl (C=O) groups excluding carboxylic acids is 2. The maximum absolute atomic E-state index is 12.4. The lowest BCUT2D eigenvalue weighted by molar-refractivity contribution is -0.118. The van der Waals surface area contributed by atoms with Crippen LogP contribution >= 0.6 is 11.3 Å². The molecule has 0 aliphatic carbocycles. The molecule has 2 aromatic heterocycles. The van der Waals surface area contributed by atoms with E-state index in [2.05, 4.69) is 20.2 Å². The number of aromatic nitrogens is 2. The van der Waals surface area contributed by atoms with Crippen LogP contribution in [-0.2, 0) is 16.0 Å². The molecular weight excluding hydrogens is 364 g/mol. The molecule has 0 spiro atoms. The fraction of sp³-hybridized carbons (Fsp3) is 0.211. The first kappa shape index (κ1) is 17.3. The molecule has 0 saturated heterocycles. The van der Waals surface area contributed by atoms with Gasteiger partial charge in [0.05, 0.1) is 17.8 Å². The lowest BCUT2D eigenvalue weighted by Crippen LogP contribution is -2.25. The van der Waals surface area contributed by atoms with Crippen molar-refractivity contribution < 1.29 is 14.3 Å². The number of rotatable bonds is 4. The largest absolute Gasteiger partial charge is 0.482 e. The fourth-order valence-electron chi connectivity index (χ4n) is 2.98. The summed E-state index contributed by atoms with van der Waals surface area (Å²) in [5, 5.41) is 8.31. The van der Waals surface area contributed by atoms with Gasteiger partial charge in [0.25, 0.3) is 5.91 Å². The third kappa shape index (κ3) is 3.56. The molecule has 0 bridgehead atoms. The fourth-order valence-corrected chi connectivity index (χ4v) is 3.92. The molecule has 138 valence electrons. The molecule has 8 heteroatoms. The minimum Gasteiger partial charge on any atom is -0.482 e. The van der Waals surface area contributed by atoms with Gasteiger partial charge in [-0.2, -0.15) is 0 Å². The van der Waals surface area contributed by atoms with E-state index in [1.165, 1.54) is 11.3 Å². The van der Waals surface area contributed by atoms with E-state index in [9.17, 15) is 9.59 Å². The van der Waals surface area contributed by atoms with Crippen LogP contribution in [0.4, 0.5) is 11.4 Å². The second-order valence-corrected chi connectivity index (χ2v) is 7.18. The average Bonchev–Trinajstić information content (AvgIpc) is 3.20. The van der Waals surface area contributed by atoms with Crippen LogP contribution in [0.3, 0.4) is 0 Å². The third-order valence-corrected chi connectivity index (χ3v) is 5.11. The number of aryl methyl sites for hydroxylation is 2. The van der Waals surface area contributed by atoms with E-state index in [1.54, 1.807) is 18.2 Å². The number of benzene rings is 1. The second-order valence-electron chi connectivity index (χ2n) is 6.35. The Bertz CT molecular complexity index is 1020. The number of ether oxygens (including phenoxy) is 1. The zero-order valence-electron chi connectivity index (χ0n) is 14.9. The smallest absolute Gasteiger partial charge is 0.262 e. The number of anilines is 2. The van der Waals surface area contributed by atoms with E-state index < -0.39 is 0 Å². The molecule has 2 N–H and O–H groups in total. The van der Waals surface area contributed by atoms with Crippen molar-refractivity contribution in [1.29, 1.82) is 0 Å². The average molecular weight is 382 g/mol. The van der Waals surface area contributed by atoms with Crippen LogP contribution in [0.1, 0.15) is 17.1 Å². The summed E-state index contributed by atoms with van der Waals surface area (Å²) in [6.07, 6.45) is 0.176. The molecule has 27 heavy (non-hydrogen) atoms. The Labute approximate surface area is 160 Å². The molecule has 0 atom stereocenters. The monoisotopic (exact) mass is 382 g/mol. The van der Waals surface area contributed by atoms with Crippen LogP contribution in [0.25, 0.3) is 5.13 Å². The molecular formula is C19H18N4O3S. The van der Waals surface area contributed by atoms with E-state index in [0.717, 1.165) is 22.2 Å². The summed E-state index contributed by atoms with van der Waals surface area (Å²) in [5.74, 6) is 0.210. The molecule has 1 aromatic carbocycles. The molecule has 0 unspecified atom stereocenters. The van der Waals surface area contributed by atoms with Crippen molar-refractivity contribution in [3.05, 3.63) is 52.8 Å². The highest BCUT2D eigenvalue weighted by atomic mass is 32.1. The van der Waals surface area contributed by atoms with Crippen molar-refractivity contribution in [1.82, 2.24) is 9.55 Å². The SMILES string of the molecule is Cc1ccc(C)n1-c1nc(CC(=O)Nc2ccc3c(c2)NC(=O)CO3)cs1. The highest BCUT2D eigenvalue weighted by molar-refractivity contribution is 7.12. The first-order chi connectivity index (χ1) is 13.0. The van der Waals surface area contributed by atoms with Gasteiger partial charge < -0.3 is 15.4 Å². The standard InChI is InChI=1S/C19H18N4O3S/c1-11-3-4-12(2)23(11)19-21-14(10-27-19)8-17(24)20-13-5-6-16-15(7-13)22-18(25)9-26-16/h3-7,10H,8-9H2,1-2H3,(H,20,24)(H,22,25). The molecule has 3 heterocycles. The van der Waals surface area contributed by atoms with Crippen molar-refractivity contribution in [3.8, 4) is 10.9 Å². The summed E-state index contributed by atoms with van der Waals surface area (Å²) in [4.78, 5) is 28.4. The Morgan fingerprint density at radius 1 is 1.30 bits per heavy atom. The number of amides is 2. The van der Waals surface area contributed by atoms with Gasteiger partial charge in [-0.15, -0.1) is 11.3 Å². The topological polar surface area (TPSA) is 85.3 Å². The number of hydrogen-bond acceptors (Lipinski definition) is 5. The molecule has 1 aliphatic rings. The highest BCUT2D eigenvalue weighted by Crippen LogP contribution is 2.30. The van der Waals surface area contributed by atoms with Crippen molar-refractivity contribution in [2.24, 2.45) is 0 Å². The van der Waals surface area contributed by atoms with Gasteiger partial charge in [-0.05, 0) is 44.2 Å². The van der Waals surface area contributed by atoms with Crippen molar-refractivity contribution in [3.63, 3.8) is 0 Å². The molecule has 2 amide bonds. The predicted molar refractivity (Wildman–Crippen MR) is 104 cm³/mol. The van der Waals surface area contributed by atoms with Gasteiger partial charge in [0, 0.05) is 22.5 Å². The molecule has 0 fully saturated rings. The van der Waals surface area contributed by atoms with Crippen molar-refractivity contribution >= 4 is 34.5 Å². The predicted octanol–water partition coefficient (Wildman–Crippen LogP) is 3.06. The van der Waals surface area contributed by atoms with Gasteiger partial charge in [0.1, 0.15) is 5.75 Å². The zero-order chi connectivity index (χ0) is 19.0. The van der Waals surface area contributed by atoms with Gasteiger partial charge in [0.15, 0.2) is 11.7 Å². The summed E-state index contributed by atoms with van der Waals surface area (Å²) in [5.41, 5.74) is 4.08. The van der Waals surface area contributed by atoms with E-state index in [1.807, 2.05) is 31.4 Å². The number of nitrogens with one attached hydrogen (secondary N) is 2. The normalized spacial score (nSPS) is 12.9. The number of thiazole rings is 1. The van der Waals surface area contributed by atoms with Gasteiger partial charge in [0.2, 0.25) is 5.91 Å². The van der Waals surface area contributed by atoms with Crippen LogP contribution in [0.2, 0.25) is 0 Å². The third-order valence-electron chi connectivity index (χ3n) is 4.24. The van der Waals surface area contributed by atoms with E-state index in [-0.39, 0.29) is 24.8 Å². The van der Waals surface area contributed by atoms with Crippen LogP contribution in [-0.4, -0.2) is 28.0 Å². The quantitative estimate of drug-likeness (QED) is 0.726. The molecule has 4 rings (SSSR count). The van der Waals surface area contributed by atoms with Crippen molar-refractivity contribution in [2.75, 3.05) is 17.2 Å². The van der Waals surface area contributed by atoms with Crippen LogP contribution in [0, 0.1) is 13.8 Å². The van der Waals surface area contributed by atoms with Gasteiger partial charge in [-0.3, -0.25) is 14.2 Å². The van der Waals surface area contributed by atoms with Crippen molar-refractivity contribution in [2.45, 2.75) is 20.3 Å². The Balaban J connectivity index is 1.45. The molecule has 3 aromatic rings. The summed E-state index contributed by atoms with van der Waals surface area (Å²) in [6, 6.07) is 9.24. The summed E-state index contributed by atoms with van der Waals surface area (Å²) >= 11 is 1.51. The van der Waals surface area contributed by atoms with E-state index in [0.29, 0.717) is 17.1 Å². The Morgan fingerprint density at radius 2 is 2.07 bits per heavy atom. The Hall–Kier alpha value is -3.13. The summed E-state index contributed by atoms with van der Waals surface area (Å²) in [7, 11) is 0. The number of fused-ring (bicyclic) bond motifs is 1. The first-order valence-corrected chi connectivity index (χ1v) is 9.34. The second kappa shape index (κ2) is 6.88. The van der Waals surface area contributed by atoms with Gasteiger partial charge in [-0.25, -0.2) is 4.98 Å². The molecule has 7 nitrogen and oxygen atoms in total.